The predicted molar refractivity (Wildman–Crippen MR) is 141 cm³/mol. The number of methoxy groups -OCH3 is 2. The highest BCUT2D eigenvalue weighted by molar-refractivity contribution is 14.0. The molecule has 1 saturated carbocycles. The number of nitrogens with zero attached hydrogens (tertiary/aromatic N) is 4. The van der Waals surface area contributed by atoms with Crippen LogP contribution in [-0.4, -0.2) is 48.0 Å². The van der Waals surface area contributed by atoms with E-state index in [9.17, 15) is 0 Å². The lowest BCUT2D eigenvalue weighted by Crippen LogP contribution is -2.46. The SMILES string of the molecule is CCNC(=NCc1nnc2n1CCC2)NCC1(c2ccc(OC)c(OC)c2)CCCCC1.I. The highest BCUT2D eigenvalue weighted by Crippen LogP contribution is 2.42. The van der Waals surface area contributed by atoms with E-state index >= 15 is 0 Å². The molecule has 4 rings (SSSR count). The second-order valence-corrected chi connectivity index (χ2v) is 8.75. The van der Waals surface area contributed by atoms with Crippen LogP contribution in [0.15, 0.2) is 23.2 Å². The van der Waals surface area contributed by atoms with E-state index in [1.165, 1.54) is 24.8 Å². The van der Waals surface area contributed by atoms with Gasteiger partial charge in [0.25, 0.3) is 0 Å². The van der Waals surface area contributed by atoms with Crippen molar-refractivity contribution in [1.82, 2.24) is 25.4 Å². The summed E-state index contributed by atoms with van der Waals surface area (Å²) < 4.78 is 13.3. The predicted octanol–water partition coefficient (Wildman–Crippen LogP) is 3.82. The van der Waals surface area contributed by atoms with Crippen LogP contribution in [0.25, 0.3) is 0 Å². The monoisotopic (exact) mass is 568 g/mol. The van der Waals surface area contributed by atoms with Gasteiger partial charge in [0, 0.05) is 31.5 Å². The van der Waals surface area contributed by atoms with E-state index in [2.05, 4.69) is 44.5 Å². The summed E-state index contributed by atoms with van der Waals surface area (Å²) in [4.78, 5) is 4.83. The largest absolute Gasteiger partial charge is 0.493 e. The van der Waals surface area contributed by atoms with Gasteiger partial charge in [-0.1, -0.05) is 25.3 Å². The molecule has 0 radical (unpaired) electrons. The Morgan fingerprint density at radius 3 is 2.58 bits per heavy atom. The fourth-order valence-electron chi connectivity index (χ4n) is 5.03. The number of aromatic nitrogens is 3. The van der Waals surface area contributed by atoms with Gasteiger partial charge in [0.1, 0.15) is 12.4 Å². The average molecular weight is 569 g/mol. The maximum absolute atomic E-state index is 5.60. The van der Waals surface area contributed by atoms with E-state index in [0.717, 1.165) is 74.4 Å². The molecule has 0 atom stereocenters. The van der Waals surface area contributed by atoms with Crippen molar-refractivity contribution >= 4 is 29.9 Å². The Labute approximate surface area is 214 Å². The second-order valence-electron chi connectivity index (χ2n) is 8.75. The van der Waals surface area contributed by atoms with Crippen molar-refractivity contribution in [3.63, 3.8) is 0 Å². The molecule has 2 heterocycles. The van der Waals surface area contributed by atoms with Gasteiger partial charge in [-0.2, -0.15) is 0 Å². The van der Waals surface area contributed by atoms with Crippen LogP contribution in [0.3, 0.4) is 0 Å². The summed E-state index contributed by atoms with van der Waals surface area (Å²) in [5, 5.41) is 15.7. The zero-order valence-corrected chi connectivity index (χ0v) is 22.4. The third-order valence-corrected chi connectivity index (χ3v) is 6.81. The summed E-state index contributed by atoms with van der Waals surface area (Å²) in [6.07, 6.45) is 8.21. The van der Waals surface area contributed by atoms with Crippen LogP contribution in [0, 0.1) is 0 Å². The molecule has 2 aliphatic rings. The zero-order valence-electron chi connectivity index (χ0n) is 20.0. The second kappa shape index (κ2) is 11.9. The fourth-order valence-corrected chi connectivity index (χ4v) is 5.03. The smallest absolute Gasteiger partial charge is 0.191 e. The van der Waals surface area contributed by atoms with Crippen molar-refractivity contribution in [1.29, 1.82) is 0 Å². The van der Waals surface area contributed by atoms with Crippen molar-refractivity contribution in [2.24, 2.45) is 4.99 Å². The Morgan fingerprint density at radius 1 is 1.06 bits per heavy atom. The molecule has 1 aromatic heterocycles. The maximum Gasteiger partial charge on any atom is 0.191 e. The average Bonchev–Trinajstić information content (AvgIpc) is 3.45. The zero-order chi connectivity index (χ0) is 22.4. The Morgan fingerprint density at radius 2 is 1.85 bits per heavy atom. The minimum absolute atomic E-state index is 0. The summed E-state index contributed by atoms with van der Waals surface area (Å²) in [5.74, 6) is 4.42. The Kier molecular flexibility index (Phi) is 9.22. The van der Waals surface area contributed by atoms with Crippen molar-refractivity contribution < 1.29 is 9.47 Å². The molecule has 0 bridgehead atoms. The lowest BCUT2D eigenvalue weighted by atomic mass is 9.69. The number of ether oxygens (including phenoxy) is 2. The van der Waals surface area contributed by atoms with Crippen LogP contribution in [-0.2, 0) is 24.9 Å². The Hall–Kier alpha value is -2.04. The summed E-state index contributed by atoms with van der Waals surface area (Å²) in [6, 6.07) is 6.36. The number of aliphatic imine (C=N–C) groups is 1. The number of hydrogen-bond donors (Lipinski definition) is 2. The van der Waals surface area contributed by atoms with Gasteiger partial charge in [-0.3, -0.25) is 0 Å². The van der Waals surface area contributed by atoms with E-state index in [-0.39, 0.29) is 29.4 Å². The summed E-state index contributed by atoms with van der Waals surface area (Å²) in [7, 11) is 3.38. The van der Waals surface area contributed by atoms with Gasteiger partial charge in [0.2, 0.25) is 0 Å². The first kappa shape index (κ1) is 25.6. The molecule has 8 nitrogen and oxygen atoms in total. The third-order valence-electron chi connectivity index (χ3n) is 6.81. The van der Waals surface area contributed by atoms with E-state index in [1.54, 1.807) is 14.2 Å². The van der Waals surface area contributed by atoms with E-state index < -0.39 is 0 Å². The Balaban J connectivity index is 0.00000306. The maximum atomic E-state index is 5.60. The van der Waals surface area contributed by atoms with E-state index in [4.69, 9.17) is 14.5 Å². The molecule has 0 unspecified atom stereocenters. The van der Waals surface area contributed by atoms with Gasteiger partial charge in [-0.05, 0) is 43.9 Å². The van der Waals surface area contributed by atoms with Crippen molar-refractivity contribution in [3.05, 3.63) is 35.4 Å². The van der Waals surface area contributed by atoms with Gasteiger partial charge in [-0.15, -0.1) is 34.2 Å². The molecule has 2 aromatic rings. The summed E-state index contributed by atoms with van der Waals surface area (Å²) >= 11 is 0. The van der Waals surface area contributed by atoms with Crippen molar-refractivity contribution in [2.75, 3.05) is 27.3 Å². The van der Waals surface area contributed by atoms with Gasteiger partial charge in [-0.25, -0.2) is 4.99 Å². The van der Waals surface area contributed by atoms with Crippen LogP contribution in [0.2, 0.25) is 0 Å². The minimum atomic E-state index is 0. The summed E-state index contributed by atoms with van der Waals surface area (Å²) in [5.41, 5.74) is 1.35. The number of benzene rings is 1. The number of rotatable bonds is 8. The molecule has 0 spiro atoms. The quantitative estimate of drug-likeness (QED) is 0.286. The van der Waals surface area contributed by atoms with Gasteiger partial charge < -0.3 is 24.7 Å². The minimum Gasteiger partial charge on any atom is -0.493 e. The topological polar surface area (TPSA) is 85.6 Å². The third kappa shape index (κ3) is 5.73. The molecule has 9 heteroatoms. The molecule has 1 fully saturated rings. The van der Waals surface area contributed by atoms with Crippen molar-refractivity contribution in [3.8, 4) is 11.5 Å². The molecule has 182 valence electrons. The molecule has 1 aliphatic carbocycles. The van der Waals surface area contributed by atoms with E-state index in [1.807, 2.05) is 6.07 Å². The molecular weight excluding hydrogens is 531 g/mol. The first-order chi connectivity index (χ1) is 15.7. The molecule has 0 amide bonds. The highest BCUT2D eigenvalue weighted by Gasteiger charge is 2.35. The van der Waals surface area contributed by atoms with Crippen LogP contribution in [0.1, 0.15) is 62.7 Å². The number of aryl methyl sites for hydroxylation is 1. The molecule has 0 saturated heterocycles. The number of nitrogens with one attached hydrogen (secondary N) is 2. The van der Waals surface area contributed by atoms with Gasteiger partial charge in [0.15, 0.2) is 23.3 Å². The van der Waals surface area contributed by atoms with Gasteiger partial charge in [0.05, 0.1) is 14.2 Å². The molecule has 2 N–H and O–H groups in total. The molecule has 1 aromatic carbocycles. The van der Waals surface area contributed by atoms with Crippen LogP contribution in [0.5, 0.6) is 11.5 Å². The van der Waals surface area contributed by atoms with Crippen LogP contribution in [0.4, 0.5) is 0 Å². The van der Waals surface area contributed by atoms with Crippen LogP contribution >= 0.6 is 24.0 Å². The van der Waals surface area contributed by atoms with Crippen LogP contribution < -0.4 is 20.1 Å². The fraction of sp³-hybridized carbons (Fsp3) is 0.625. The highest BCUT2D eigenvalue weighted by atomic mass is 127. The first-order valence-corrected chi connectivity index (χ1v) is 11.8. The molecule has 33 heavy (non-hydrogen) atoms. The number of halogens is 1. The standard InChI is InChI=1S/C24H36N6O2.HI/c1-4-25-23(26-16-22-29-28-21-9-8-14-30(21)22)27-17-24(12-6-5-7-13-24)18-10-11-19(31-2)20(15-18)32-3;/h10-11,15H,4-9,12-14,16-17H2,1-3H3,(H2,25,26,27);1H. The normalized spacial score (nSPS) is 17.1. The lowest BCUT2D eigenvalue weighted by Gasteiger charge is -2.38. The number of fused-ring (bicyclic) bond motifs is 1. The van der Waals surface area contributed by atoms with Gasteiger partial charge >= 0.3 is 0 Å². The molecular formula is C24H37IN6O2. The van der Waals surface area contributed by atoms with E-state index in [0.29, 0.717) is 6.54 Å². The lowest BCUT2D eigenvalue weighted by molar-refractivity contribution is 0.288. The first-order valence-electron chi connectivity index (χ1n) is 11.8. The molecule has 1 aliphatic heterocycles. The number of guanidine groups is 1. The summed E-state index contributed by atoms with van der Waals surface area (Å²) in [6.45, 7) is 5.27. The Bertz CT molecular complexity index is 939. The number of hydrogen-bond acceptors (Lipinski definition) is 5. The van der Waals surface area contributed by atoms with Crippen molar-refractivity contribution in [2.45, 2.75) is 70.4 Å².